The van der Waals surface area contributed by atoms with Crippen LogP contribution in [0.15, 0.2) is 72.8 Å². The molecule has 0 unspecified atom stereocenters. The summed E-state index contributed by atoms with van der Waals surface area (Å²) in [5.74, 6) is -0.582. The summed E-state index contributed by atoms with van der Waals surface area (Å²) in [6.07, 6.45) is 0. The molecule has 4 aromatic rings. The van der Waals surface area contributed by atoms with Crippen LogP contribution < -0.4 is 10.2 Å². The molecule has 0 aliphatic rings. The van der Waals surface area contributed by atoms with Crippen LogP contribution in [0.25, 0.3) is 22.2 Å². The lowest BCUT2D eigenvalue weighted by molar-refractivity contribution is 0.628. The monoisotopic (exact) mass is 375 g/mol. The molecular weight excluding hydrogens is 356 g/mol. The van der Waals surface area contributed by atoms with Gasteiger partial charge in [0.15, 0.2) is 0 Å². The fourth-order valence-corrected chi connectivity index (χ4v) is 3.18. The van der Waals surface area contributed by atoms with Gasteiger partial charge in [0.2, 0.25) is 0 Å². The van der Waals surface area contributed by atoms with Crippen LogP contribution >= 0.6 is 0 Å². The van der Waals surface area contributed by atoms with E-state index in [9.17, 15) is 8.78 Å². The van der Waals surface area contributed by atoms with Gasteiger partial charge in [0.05, 0.1) is 11.2 Å². The fraction of sp³-hybridized carbons (Fsp3) is 0.0870. The number of anilines is 3. The maximum Gasteiger partial charge on any atom is 0.125 e. The Morgan fingerprint density at radius 1 is 0.786 bits per heavy atom. The van der Waals surface area contributed by atoms with E-state index in [4.69, 9.17) is 4.98 Å². The van der Waals surface area contributed by atoms with Crippen molar-refractivity contribution in [2.75, 3.05) is 24.3 Å². The third kappa shape index (κ3) is 3.64. The van der Waals surface area contributed by atoms with Gasteiger partial charge in [-0.1, -0.05) is 18.2 Å². The van der Waals surface area contributed by atoms with Gasteiger partial charge in [0, 0.05) is 42.1 Å². The number of nitrogens with one attached hydrogen (secondary N) is 1. The number of aromatic nitrogens is 1. The van der Waals surface area contributed by atoms with E-state index in [0.29, 0.717) is 11.4 Å². The number of fused-ring (bicyclic) bond motifs is 1. The number of rotatable bonds is 4. The average molecular weight is 375 g/mol. The average Bonchev–Trinajstić information content (AvgIpc) is 2.67. The van der Waals surface area contributed by atoms with Gasteiger partial charge in [-0.2, -0.15) is 0 Å². The molecule has 1 aromatic heterocycles. The van der Waals surface area contributed by atoms with Crippen molar-refractivity contribution >= 4 is 28.0 Å². The van der Waals surface area contributed by atoms with Gasteiger partial charge < -0.3 is 10.2 Å². The van der Waals surface area contributed by atoms with Crippen molar-refractivity contribution < 1.29 is 8.78 Å². The molecule has 0 saturated heterocycles. The summed E-state index contributed by atoms with van der Waals surface area (Å²) in [7, 11) is 3.91. The molecule has 0 aliphatic heterocycles. The summed E-state index contributed by atoms with van der Waals surface area (Å²) < 4.78 is 27.1. The zero-order valence-corrected chi connectivity index (χ0v) is 15.6. The first kappa shape index (κ1) is 17.9. The van der Waals surface area contributed by atoms with Crippen LogP contribution in [0.2, 0.25) is 0 Å². The number of hydrogen-bond donors (Lipinski definition) is 1. The van der Waals surface area contributed by atoms with Crippen molar-refractivity contribution in [2.45, 2.75) is 0 Å². The molecule has 0 fully saturated rings. The van der Waals surface area contributed by atoms with Crippen molar-refractivity contribution in [3.63, 3.8) is 0 Å². The molecule has 0 bridgehead atoms. The van der Waals surface area contributed by atoms with Crippen molar-refractivity contribution in [1.29, 1.82) is 0 Å². The SMILES string of the molecule is CN(C)c1cc(-c2cccc(F)c2)nc2ccc(Nc3cccc(F)c3)cc12. The summed E-state index contributed by atoms with van der Waals surface area (Å²) >= 11 is 0. The molecule has 3 nitrogen and oxygen atoms in total. The predicted molar refractivity (Wildman–Crippen MR) is 111 cm³/mol. The summed E-state index contributed by atoms with van der Waals surface area (Å²) in [6.45, 7) is 0. The summed E-state index contributed by atoms with van der Waals surface area (Å²) in [6, 6.07) is 20.5. The Labute approximate surface area is 162 Å². The predicted octanol–water partition coefficient (Wildman–Crippen LogP) is 5.99. The van der Waals surface area contributed by atoms with Gasteiger partial charge >= 0.3 is 0 Å². The number of benzene rings is 3. The molecule has 0 saturated carbocycles. The van der Waals surface area contributed by atoms with Crippen molar-refractivity contribution in [2.24, 2.45) is 0 Å². The maximum atomic E-state index is 13.6. The third-order valence-corrected chi connectivity index (χ3v) is 4.50. The summed E-state index contributed by atoms with van der Waals surface area (Å²) in [5, 5.41) is 4.17. The van der Waals surface area contributed by atoms with Gasteiger partial charge in [-0.3, -0.25) is 0 Å². The maximum absolute atomic E-state index is 13.6. The Morgan fingerprint density at radius 3 is 2.21 bits per heavy atom. The number of hydrogen-bond acceptors (Lipinski definition) is 3. The van der Waals surface area contributed by atoms with Crippen molar-refractivity contribution in [3.05, 3.63) is 84.4 Å². The quantitative estimate of drug-likeness (QED) is 0.475. The van der Waals surface area contributed by atoms with Crippen LogP contribution in [0.5, 0.6) is 0 Å². The number of nitrogens with zero attached hydrogens (tertiary/aromatic N) is 2. The molecule has 0 radical (unpaired) electrons. The van der Waals surface area contributed by atoms with Crippen molar-refractivity contribution in [3.8, 4) is 11.3 Å². The summed E-state index contributed by atoms with van der Waals surface area (Å²) in [4.78, 5) is 6.71. The molecule has 0 atom stereocenters. The van der Waals surface area contributed by atoms with Crippen molar-refractivity contribution in [1.82, 2.24) is 4.98 Å². The Balaban J connectivity index is 1.80. The van der Waals surface area contributed by atoms with Gasteiger partial charge in [0.1, 0.15) is 11.6 Å². The zero-order valence-electron chi connectivity index (χ0n) is 15.6. The molecule has 1 N–H and O–H groups in total. The van der Waals surface area contributed by atoms with E-state index in [0.717, 1.165) is 27.8 Å². The van der Waals surface area contributed by atoms with Gasteiger partial charge in [-0.25, -0.2) is 13.8 Å². The minimum absolute atomic E-state index is 0.291. The van der Waals surface area contributed by atoms with Crippen LogP contribution in [0.1, 0.15) is 0 Å². The lowest BCUT2D eigenvalue weighted by Gasteiger charge is -2.18. The highest BCUT2D eigenvalue weighted by Crippen LogP contribution is 2.32. The molecule has 1 heterocycles. The molecule has 4 rings (SSSR count). The van der Waals surface area contributed by atoms with E-state index < -0.39 is 0 Å². The Morgan fingerprint density at radius 2 is 1.50 bits per heavy atom. The second kappa shape index (κ2) is 7.27. The molecule has 28 heavy (non-hydrogen) atoms. The molecule has 3 aromatic carbocycles. The van der Waals surface area contributed by atoms with Crippen LogP contribution in [0, 0.1) is 11.6 Å². The highest BCUT2D eigenvalue weighted by atomic mass is 19.1. The standard InChI is InChI=1S/C23H19F2N3/c1-28(2)23-14-22(15-5-3-6-16(24)11-15)27-21-10-9-19(13-20(21)23)26-18-8-4-7-17(25)12-18/h3-14,26H,1-2H3. The van der Waals surface area contributed by atoms with Gasteiger partial charge in [-0.05, 0) is 54.6 Å². The van der Waals surface area contributed by atoms with E-state index in [1.165, 1.54) is 24.3 Å². The van der Waals surface area contributed by atoms with E-state index in [2.05, 4.69) is 5.32 Å². The second-order valence-electron chi connectivity index (χ2n) is 6.80. The molecule has 0 amide bonds. The lowest BCUT2D eigenvalue weighted by Crippen LogP contribution is -2.10. The Hall–Kier alpha value is -3.47. The van der Waals surface area contributed by atoms with Gasteiger partial charge in [0.25, 0.3) is 0 Å². The lowest BCUT2D eigenvalue weighted by atomic mass is 10.1. The van der Waals surface area contributed by atoms with E-state index in [1.54, 1.807) is 12.1 Å². The van der Waals surface area contributed by atoms with Crippen LogP contribution in [-0.2, 0) is 0 Å². The number of halogens is 2. The van der Waals surface area contributed by atoms with Crippen LogP contribution in [0.3, 0.4) is 0 Å². The first-order chi connectivity index (χ1) is 13.5. The van der Waals surface area contributed by atoms with E-state index >= 15 is 0 Å². The van der Waals surface area contributed by atoms with E-state index in [-0.39, 0.29) is 11.6 Å². The normalized spacial score (nSPS) is 10.9. The largest absolute Gasteiger partial charge is 0.377 e. The molecular formula is C23H19F2N3. The summed E-state index contributed by atoms with van der Waals surface area (Å²) in [5.41, 5.74) is 4.72. The number of pyridine rings is 1. The van der Waals surface area contributed by atoms with Crippen LogP contribution in [0.4, 0.5) is 25.8 Å². The first-order valence-corrected chi connectivity index (χ1v) is 8.90. The first-order valence-electron chi connectivity index (χ1n) is 8.90. The minimum atomic E-state index is -0.291. The smallest absolute Gasteiger partial charge is 0.125 e. The molecule has 0 aliphatic carbocycles. The Kier molecular flexibility index (Phi) is 4.65. The fourth-order valence-electron chi connectivity index (χ4n) is 3.18. The zero-order chi connectivity index (χ0) is 19.7. The Bertz CT molecular complexity index is 1160. The molecule has 0 spiro atoms. The highest BCUT2D eigenvalue weighted by Gasteiger charge is 2.11. The molecule has 5 heteroatoms. The van der Waals surface area contributed by atoms with Crippen LogP contribution in [-0.4, -0.2) is 19.1 Å². The third-order valence-electron chi connectivity index (χ3n) is 4.50. The minimum Gasteiger partial charge on any atom is -0.377 e. The van der Waals surface area contributed by atoms with Gasteiger partial charge in [-0.15, -0.1) is 0 Å². The second-order valence-corrected chi connectivity index (χ2v) is 6.80. The van der Waals surface area contributed by atoms with E-state index in [1.807, 2.05) is 55.4 Å². The molecule has 140 valence electrons. The highest BCUT2D eigenvalue weighted by molar-refractivity contribution is 5.96. The topological polar surface area (TPSA) is 28.2 Å².